The van der Waals surface area contributed by atoms with Crippen LogP contribution in [0.2, 0.25) is 0 Å². The molecule has 0 unspecified atom stereocenters. The van der Waals surface area contributed by atoms with Gasteiger partial charge in [-0.05, 0) is 12.8 Å². The number of hydrogen-bond donors (Lipinski definition) is 3. The first kappa shape index (κ1) is 23.6. The molecule has 1 saturated heterocycles. The van der Waals surface area contributed by atoms with Gasteiger partial charge in [-0.2, -0.15) is 0 Å². The van der Waals surface area contributed by atoms with Crippen LogP contribution in [0.3, 0.4) is 0 Å². The summed E-state index contributed by atoms with van der Waals surface area (Å²) in [5, 5.41) is 29.0. The van der Waals surface area contributed by atoms with E-state index in [0.29, 0.717) is 6.61 Å². The van der Waals surface area contributed by atoms with Crippen LogP contribution in [0.15, 0.2) is 12.2 Å². The van der Waals surface area contributed by atoms with Gasteiger partial charge in [-0.25, -0.2) is 0 Å². The van der Waals surface area contributed by atoms with Crippen molar-refractivity contribution in [3.05, 3.63) is 12.2 Å². The van der Waals surface area contributed by atoms with Crippen molar-refractivity contribution in [2.45, 2.75) is 102 Å². The molecule has 5 nitrogen and oxygen atoms in total. The summed E-state index contributed by atoms with van der Waals surface area (Å²) in [7, 11) is 0. The minimum atomic E-state index is -1.00. The summed E-state index contributed by atoms with van der Waals surface area (Å²) < 4.78 is 10.7. The summed E-state index contributed by atoms with van der Waals surface area (Å²) in [5.74, 6) is 0. The minimum absolute atomic E-state index is 0.0786. The van der Waals surface area contributed by atoms with Crippen molar-refractivity contribution < 1.29 is 24.8 Å². The maximum absolute atomic E-state index is 10.0. The van der Waals surface area contributed by atoms with Crippen molar-refractivity contribution >= 4 is 0 Å². The van der Waals surface area contributed by atoms with Crippen molar-refractivity contribution in [1.29, 1.82) is 0 Å². The fourth-order valence-electron chi connectivity index (χ4n) is 3.33. The largest absolute Gasteiger partial charge is 0.394 e. The summed E-state index contributed by atoms with van der Waals surface area (Å²) in [6, 6.07) is 0. The van der Waals surface area contributed by atoms with E-state index in [0.717, 1.165) is 6.42 Å². The normalized spacial score (nSPS) is 26.6. The van der Waals surface area contributed by atoms with E-state index in [2.05, 4.69) is 13.0 Å². The van der Waals surface area contributed by atoms with E-state index in [1.807, 2.05) is 6.08 Å². The topological polar surface area (TPSA) is 79.2 Å². The molecular formula is C21H40O5. The average Bonchev–Trinajstić information content (AvgIpc) is 2.64. The molecule has 26 heavy (non-hydrogen) atoms. The van der Waals surface area contributed by atoms with Crippen LogP contribution in [0.5, 0.6) is 0 Å². The van der Waals surface area contributed by atoms with E-state index in [9.17, 15) is 10.2 Å². The lowest BCUT2D eigenvalue weighted by molar-refractivity contribution is -0.207. The smallest absolute Gasteiger partial charge is 0.114 e. The van der Waals surface area contributed by atoms with Gasteiger partial charge in [0.1, 0.15) is 24.4 Å². The Morgan fingerprint density at radius 3 is 2.15 bits per heavy atom. The number of ether oxygens (including phenoxy) is 2. The van der Waals surface area contributed by atoms with Gasteiger partial charge in [0.25, 0.3) is 0 Å². The van der Waals surface area contributed by atoms with Crippen LogP contribution in [0.1, 0.15) is 77.6 Å². The van der Waals surface area contributed by atoms with E-state index in [1.54, 1.807) is 0 Å². The second kappa shape index (κ2) is 15.6. The van der Waals surface area contributed by atoms with Gasteiger partial charge in [0.05, 0.1) is 19.8 Å². The van der Waals surface area contributed by atoms with Gasteiger partial charge in [-0.1, -0.05) is 76.9 Å². The van der Waals surface area contributed by atoms with Gasteiger partial charge in [0, 0.05) is 0 Å². The molecule has 1 heterocycles. The molecular weight excluding hydrogens is 332 g/mol. The number of aliphatic hydroxyl groups is 3. The Labute approximate surface area is 159 Å². The first-order chi connectivity index (χ1) is 12.7. The highest BCUT2D eigenvalue weighted by molar-refractivity contribution is 4.89. The Bertz CT molecular complexity index is 347. The number of aliphatic hydroxyl groups excluding tert-OH is 3. The predicted molar refractivity (Wildman–Crippen MR) is 104 cm³/mol. The Kier molecular flexibility index (Phi) is 14.1. The molecule has 4 atom stereocenters. The number of unbranched alkanes of at least 4 members (excludes halogenated alkanes) is 10. The first-order valence-corrected chi connectivity index (χ1v) is 10.6. The number of hydrogen-bond acceptors (Lipinski definition) is 5. The second-order valence-corrected chi connectivity index (χ2v) is 7.35. The van der Waals surface area contributed by atoms with Crippen molar-refractivity contribution in [1.82, 2.24) is 0 Å². The fourth-order valence-corrected chi connectivity index (χ4v) is 3.33. The third-order valence-electron chi connectivity index (χ3n) is 5.03. The quantitative estimate of drug-likeness (QED) is 0.303. The second-order valence-electron chi connectivity index (χ2n) is 7.35. The Morgan fingerprint density at radius 1 is 0.923 bits per heavy atom. The van der Waals surface area contributed by atoms with E-state index in [4.69, 9.17) is 14.6 Å². The van der Waals surface area contributed by atoms with Crippen molar-refractivity contribution in [2.75, 3.05) is 19.8 Å². The molecule has 1 fully saturated rings. The summed E-state index contributed by atoms with van der Waals surface area (Å²) in [4.78, 5) is 0. The van der Waals surface area contributed by atoms with Gasteiger partial charge < -0.3 is 24.8 Å². The third-order valence-corrected chi connectivity index (χ3v) is 5.03. The van der Waals surface area contributed by atoms with Crippen LogP contribution >= 0.6 is 0 Å². The Hall–Kier alpha value is -0.460. The molecule has 154 valence electrons. The molecule has 0 amide bonds. The highest BCUT2D eigenvalue weighted by Gasteiger charge is 2.38. The zero-order valence-electron chi connectivity index (χ0n) is 16.5. The molecule has 0 aromatic rings. The fraction of sp³-hybridized carbons (Fsp3) is 0.905. The van der Waals surface area contributed by atoms with Gasteiger partial charge in [-0.15, -0.1) is 0 Å². The molecule has 0 aliphatic carbocycles. The molecule has 0 aromatic heterocycles. The minimum Gasteiger partial charge on any atom is -0.394 e. The highest BCUT2D eigenvalue weighted by atomic mass is 16.6. The van der Waals surface area contributed by atoms with Crippen LogP contribution in [0.4, 0.5) is 0 Å². The van der Waals surface area contributed by atoms with Gasteiger partial charge in [0.2, 0.25) is 0 Å². The SMILES string of the molecule is CCCCCCCCCCCC/C=C/CO[C@@H]1[C@@H](O)[C@H](CO)OC[C@H]1O. The predicted octanol–water partition coefficient (Wildman–Crippen LogP) is 3.35. The van der Waals surface area contributed by atoms with E-state index in [1.165, 1.54) is 64.2 Å². The van der Waals surface area contributed by atoms with Crippen LogP contribution in [0.25, 0.3) is 0 Å². The van der Waals surface area contributed by atoms with Gasteiger partial charge in [-0.3, -0.25) is 0 Å². The van der Waals surface area contributed by atoms with Crippen LogP contribution < -0.4 is 0 Å². The lowest BCUT2D eigenvalue weighted by atomic mass is 10.0. The zero-order chi connectivity index (χ0) is 19.0. The maximum atomic E-state index is 10.0. The lowest BCUT2D eigenvalue weighted by Crippen LogP contribution is -2.55. The summed E-state index contributed by atoms with van der Waals surface area (Å²) in [6.45, 7) is 2.41. The van der Waals surface area contributed by atoms with E-state index >= 15 is 0 Å². The molecule has 0 spiro atoms. The van der Waals surface area contributed by atoms with Gasteiger partial charge in [0.15, 0.2) is 0 Å². The zero-order valence-corrected chi connectivity index (χ0v) is 16.5. The third kappa shape index (κ3) is 10.0. The lowest BCUT2D eigenvalue weighted by Gasteiger charge is -2.36. The maximum Gasteiger partial charge on any atom is 0.114 e. The van der Waals surface area contributed by atoms with Crippen LogP contribution in [0, 0.1) is 0 Å². The molecule has 0 radical (unpaired) electrons. The Morgan fingerprint density at radius 2 is 1.54 bits per heavy atom. The van der Waals surface area contributed by atoms with Crippen molar-refractivity contribution in [2.24, 2.45) is 0 Å². The molecule has 0 bridgehead atoms. The molecule has 1 rings (SSSR count). The van der Waals surface area contributed by atoms with Crippen molar-refractivity contribution in [3.8, 4) is 0 Å². The molecule has 0 saturated carbocycles. The highest BCUT2D eigenvalue weighted by Crippen LogP contribution is 2.18. The summed E-state index contributed by atoms with van der Waals surface area (Å²) in [5.41, 5.74) is 0. The molecule has 3 N–H and O–H groups in total. The van der Waals surface area contributed by atoms with Gasteiger partial charge >= 0.3 is 0 Å². The first-order valence-electron chi connectivity index (χ1n) is 10.6. The molecule has 1 aliphatic rings. The van der Waals surface area contributed by atoms with E-state index < -0.39 is 24.4 Å². The van der Waals surface area contributed by atoms with Crippen LogP contribution in [-0.2, 0) is 9.47 Å². The summed E-state index contributed by atoms with van der Waals surface area (Å²) in [6.07, 6.45) is 15.2. The van der Waals surface area contributed by atoms with Crippen LogP contribution in [-0.4, -0.2) is 59.6 Å². The molecule has 5 heteroatoms. The Balaban J connectivity index is 1.96. The monoisotopic (exact) mass is 372 g/mol. The molecule has 1 aliphatic heterocycles. The average molecular weight is 373 g/mol. The molecule has 0 aromatic carbocycles. The number of rotatable bonds is 15. The number of allylic oxidation sites excluding steroid dienone is 1. The van der Waals surface area contributed by atoms with Crippen molar-refractivity contribution in [3.63, 3.8) is 0 Å². The standard InChI is InChI=1S/C21H40O5/c1-2-3-4-5-6-7-8-9-10-11-12-13-14-15-25-21-18(23)17-26-19(16-22)20(21)24/h13-14,18-24H,2-12,15-17H2,1H3/b14-13+/t18-,19+,20+,21+/m1/s1. The van der Waals surface area contributed by atoms with E-state index in [-0.39, 0.29) is 13.2 Å². The summed E-state index contributed by atoms with van der Waals surface area (Å²) >= 11 is 0.